The smallest absolute Gasteiger partial charge is 0.263 e. The largest absolute Gasteiger partial charge is 0.397 e. The molecular formula is C16H27N3OS. The highest BCUT2D eigenvalue weighted by Gasteiger charge is 2.26. The molecule has 3 N–H and O–H groups in total. The number of thiophene rings is 1. The lowest BCUT2D eigenvalue weighted by molar-refractivity contribution is 0.0956. The number of carbonyl (C=O) groups excluding carboxylic acids is 1. The molecule has 0 radical (unpaired) electrons. The maximum Gasteiger partial charge on any atom is 0.263 e. The minimum atomic E-state index is -0.0136. The second-order valence-electron chi connectivity index (χ2n) is 6.81. The Morgan fingerprint density at radius 3 is 2.38 bits per heavy atom. The van der Waals surface area contributed by atoms with Gasteiger partial charge < -0.3 is 16.0 Å². The van der Waals surface area contributed by atoms with E-state index >= 15 is 0 Å². The zero-order valence-electron chi connectivity index (χ0n) is 13.5. The standard InChI is InChI=1S/C16H27N3OS/c1-10(2)8-19(9-11(3)4)14-7-13(17)15(21-14)16(20)18-12-5-6-12/h7,10-12H,5-6,8-9,17H2,1-4H3,(H,18,20). The van der Waals surface area contributed by atoms with Gasteiger partial charge in [0.15, 0.2) is 0 Å². The molecule has 1 aromatic rings. The third-order valence-corrected chi connectivity index (χ3v) is 4.56. The van der Waals surface area contributed by atoms with Gasteiger partial charge in [0.2, 0.25) is 0 Å². The lowest BCUT2D eigenvalue weighted by Gasteiger charge is -2.26. The van der Waals surface area contributed by atoms with Gasteiger partial charge in [0.25, 0.3) is 5.91 Å². The summed E-state index contributed by atoms with van der Waals surface area (Å²) in [6, 6.07) is 2.32. The highest BCUT2D eigenvalue weighted by molar-refractivity contribution is 7.18. The molecule has 1 saturated carbocycles. The molecule has 1 fully saturated rings. The van der Waals surface area contributed by atoms with Crippen LogP contribution in [0.25, 0.3) is 0 Å². The number of nitrogen functional groups attached to an aromatic ring is 1. The summed E-state index contributed by atoms with van der Waals surface area (Å²) in [4.78, 5) is 15.2. The number of hydrogen-bond donors (Lipinski definition) is 2. The van der Waals surface area contributed by atoms with E-state index in [9.17, 15) is 4.79 Å². The van der Waals surface area contributed by atoms with E-state index in [2.05, 4.69) is 37.9 Å². The first kappa shape index (κ1) is 16.1. The molecule has 5 heteroatoms. The summed E-state index contributed by atoms with van der Waals surface area (Å²) in [5.41, 5.74) is 6.66. The Hall–Kier alpha value is -1.23. The maximum absolute atomic E-state index is 12.2. The normalized spacial score (nSPS) is 14.8. The number of amides is 1. The van der Waals surface area contributed by atoms with Crippen molar-refractivity contribution in [3.05, 3.63) is 10.9 Å². The molecule has 21 heavy (non-hydrogen) atoms. The van der Waals surface area contributed by atoms with Crippen molar-refractivity contribution >= 4 is 27.9 Å². The molecule has 0 aliphatic heterocycles. The lowest BCUT2D eigenvalue weighted by atomic mass is 10.1. The second kappa shape index (κ2) is 6.69. The predicted octanol–water partition coefficient (Wildman–Crippen LogP) is 3.34. The molecule has 1 aromatic heterocycles. The Balaban J connectivity index is 2.14. The van der Waals surface area contributed by atoms with Gasteiger partial charge in [-0.1, -0.05) is 27.7 Å². The lowest BCUT2D eigenvalue weighted by Crippen LogP contribution is -2.30. The first-order chi connectivity index (χ1) is 9.86. The van der Waals surface area contributed by atoms with Crippen molar-refractivity contribution in [2.75, 3.05) is 23.7 Å². The van der Waals surface area contributed by atoms with Crippen LogP contribution in [0.3, 0.4) is 0 Å². The van der Waals surface area contributed by atoms with Gasteiger partial charge >= 0.3 is 0 Å². The molecule has 0 saturated heterocycles. The van der Waals surface area contributed by atoms with Crippen molar-refractivity contribution in [3.63, 3.8) is 0 Å². The van der Waals surface area contributed by atoms with Crippen molar-refractivity contribution in [1.82, 2.24) is 5.32 Å². The van der Waals surface area contributed by atoms with Crippen molar-refractivity contribution < 1.29 is 4.79 Å². The topological polar surface area (TPSA) is 58.4 Å². The third kappa shape index (κ3) is 4.63. The van der Waals surface area contributed by atoms with E-state index in [-0.39, 0.29) is 5.91 Å². The van der Waals surface area contributed by atoms with Crippen LogP contribution in [0.15, 0.2) is 6.07 Å². The van der Waals surface area contributed by atoms with Crippen LogP contribution in [-0.2, 0) is 0 Å². The molecule has 0 atom stereocenters. The number of nitrogens with two attached hydrogens (primary N) is 1. The number of carbonyl (C=O) groups is 1. The fourth-order valence-corrected chi connectivity index (χ4v) is 3.34. The highest BCUT2D eigenvalue weighted by atomic mass is 32.1. The summed E-state index contributed by atoms with van der Waals surface area (Å²) >= 11 is 1.52. The number of anilines is 2. The molecule has 0 aromatic carbocycles. The SMILES string of the molecule is CC(C)CN(CC(C)C)c1cc(N)c(C(=O)NC2CC2)s1. The molecule has 1 amide bonds. The van der Waals surface area contributed by atoms with Gasteiger partial charge in [-0.3, -0.25) is 4.79 Å². The summed E-state index contributed by atoms with van der Waals surface area (Å²) in [7, 11) is 0. The van der Waals surface area contributed by atoms with E-state index in [0.29, 0.717) is 28.4 Å². The molecule has 0 unspecified atom stereocenters. The maximum atomic E-state index is 12.2. The first-order valence-corrected chi connectivity index (χ1v) is 8.63. The van der Waals surface area contributed by atoms with Crippen LogP contribution in [0, 0.1) is 11.8 Å². The molecule has 0 spiro atoms. The quantitative estimate of drug-likeness (QED) is 0.812. The van der Waals surface area contributed by atoms with Gasteiger partial charge in [-0.05, 0) is 30.7 Å². The Labute approximate surface area is 131 Å². The zero-order valence-corrected chi connectivity index (χ0v) is 14.3. The molecule has 4 nitrogen and oxygen atoms in total. The minimum absolute atomic E-state index is 0.0136. The first-order valence-electron chi connectivity index (χ1n) is 7.82. The molecule has 1 aliphatic rings. The molecule has 118 valence electrons. The highest BCUT2D eigenvalue weighted by Crippen LogP contribution is 2.33. The average molecular weight is 309 g/mol. The van der Waals surface area contributed by atoms with Crippen LogP contribution in [0.1, 0.15) is 50.2 Å². The fourth-order valence-electron chi connectivity index (χ4n) is 2.34. The third-order valence-electron chi connectivity index (χ3n) is 3.35. The summed E-state index contributed by atoms with van der Waals surface area (Å²) < 4.78 is 0. The fraction of sp³-hybridized carbons (Fsp3) is 0.688. The second-order valence-corrected chi connectivity index (χ2v) is 7.84. The van der Waals surface area contributed by atoms with Gasteiger partial charge in [-0.15, -0.1) is 11.3 Å². The van der Waals surface area contributed by atoms with Crippen LogP contribution in [0.5, 0.6) is 0 Å². The summed E-state index contributed by atoms with van der Waals surface area (Å²) in [5.74, 6) is 1.15. The van der Waals surface area contributed by atoms with Crippen LogP contribution >= 0.6 is 11.3 Å². The van der Waals surface area contributed by atoms with E-state index in [1.165, 1.54) is 11.3 Å². The van der Waals surface area contributed by atoms with Gasteiger partial charge in [0.1, 0.15) is 4.88 Å². The van der Waals surface area contributed by atoms with Crippen LogP contribution in [0.4, 0.5) is 10.7 Å². The monoisotopic (exact) mass is 309 g/mol. The van der Waals surface area contributed by atoms with E-state index in [1.807, 2.05) is 6.07 Å². The van der Waals surface area contributed by atoms with Crippen LogP contribution < -0.4 is 16.0 Å². The van der Waals surface area contributed by atoms with Crippen LogP contribution in [-0.4, -0.2) is 25.0 Å². The van der Waals surface area contributed by atoms with Gasteiger partial charge in [0, 0.05) is 19.1 Å². The Bertz CT molecular complexity index is 482. The molecule has 1 heterocycles. The van der Waals surface area contributed by atoms with Crippen molar-refractivity contribution in [2.45, 2.75) is 46.6 Å². The number of nitrogens with zero attached hydrogens (tertiary/aromatic N) is 1. The number of rotatable bonds is 7. The van der Waals surface area contributed by atoms with Crippen molar-refractivity contribution in [1.29, 1.82) is 0 Å². The number of nitrogens with one attached hydrogen (secondary N) is 1. The molecule has 0 bridgehead atoms. The summed E-state index contributed by atoms with van der Waals surface area (Å²) in [5, 5.41) is 4.13. The van der Waals surface area contributed by atoms with Gasteiger partial charge in [-0.2, -0.15) is 0 Å². The Kier molecular flexibility index (Phi) is 5.14. The summed E-state index contributed by atoms with van der Waals surface area (Å²) in [6.07, 6.45) is 2.19. The molecule has 1 aliphatic carbocycles. The van der Waals surface area contributed by atoms with E-state index < -0.39 is 0 Å². The van der Waals surface area contributed by atoms with E-state index in [4.69, 9.17) is 5.73 Å². The average Bonchev–Trinajstić information content (AvgIpc) is 3.07. The number of hydrogen-bond acceptors (Lipinski definition) is 4. The van der Waals surface area contributed by atoms with E-state index in [0.717, 1.165) is 30.9 Å². The Morgan fingerprint density at radius 1 is 1.33 bits per heavy atom. The van der Waals surface area contributed by atoms with E-state index in [1.54, 1.807) is 0 Å². The predicted molar refractivity (Wildman–Crippen MR) is 91.1 cm³/mol. The molecule has 2 rings (SSSR count). The Morgan fingerprint density at radius 2 is 1.90 bits per heavy atom. The van der Waals surface area contributed by atoms with Gasteiger partial charge in [-0.25, -0.2) is 0 Å². The van der Waals surface area contributed by atoms with Crippen molar-refractivity contribution in [3.8, 4) is 0 Å². The van der Waals surface area contributed by atoms with Gasteiger partial charge in [0.05, 0.1) is 10.7 Å². The minimum Gasteiger partial charge on any atom is -0.397 e. The summed E-state index contributed by atoms with van der Waals surface area (Å²) in [6.45, 7) is 10.8. The van der Waals surface area contributed by atoms with Crippen molar-refractivity contribution in [2.24, 2.45) is 11.8 Å². The van der Waals surface area contributed by atoms with Crippen LogP contribution in [0.2, 0.25) is 0 Å². The molecular weight excluding hydrogens is 282 g/mol. The zero-order chi connectivity index (χ0) is 15.6.